The lowest BCUT2D eigenvalue weighted by Gasteiger charge is -2.13. The van der Waals surface area contributed by atoms with Gasteiger partial charge in [-0.05, 0) is 12.5 Å². The Morgan fingerprint density at radius 2 is 1.95 bits per heavy atom. The van der Waals surface area contributed by atoms with Crippen LogP contribution in [0.4, 0.5) is 0 Å². The number of sulfonamides is 1. The zero-order valence-corrected chi connectivity index (χ0v) is 14.0. The van der Waals surface area contributed by atoms with E-state index in [1.165, 1.54) is 26.4 Å². The van der Waals surface area contributed by atoms with Crippen LogP contribution in [-0.4, -0.2) is 43.8 Å². The van der Waals surface area contributed by atoms with Crippen molar-refractivity contribution in [1.82, 2.24) is 14.2 Å². The van der Waals surface area contributed by atoms with E-state index >= 15 is 0 Å². The van der Waals surface area contributed by atoms with Crippen molar-refractivity contribution >= 4 is 15.9 Å². The Hall–Kier alpha value is -1.67. The number of carbonyl (C=O) groups is 1. The number of hydrogen-bond acceptors (Lipinski definition) is 4. The molecular weight excluding hydrogens is 306 g/mol. The molecule has 1 N–H and O–H groups in total. The first-order valence-electron chi connectivity index (χ1n) is 7.18. The van der Waals surface area contributed by atoms with E-state index in [2.05, 4.69) is 12.2 Å². The van der Waals surface area contributed by atoms with Crippen LogP contribution >= 0.6 is 0 Å². The minimum absolute atomic E-state index is 0.0177. The van der Waals surface area contributed by atoms with E-state index in [0.29, 0.717) is 6.54 Å². The summed E-state index contributed by atoms with van der Waals surface area (Å²) in [4.78, 5) is 23.5. The maximum atomic E-state index is 12.0. The highest BCUT2D eigenvalue weighted by Crippen LogP contribution is 2.10. The fourth-order valence-corrected chi connectivity index (χ4v) is 2.73. The SMILES string of the molecule is CCCCCNC(=O)Cn1cc(S(=O)(=O)N(C)C)ccc1=O. The van der Waals surface area contributed by atoms with Crippen LogP contribution in [0, 0.1) is 0 Å². The van der Waals surface area contributed by atoms with Crippen molar-refractivity contribution in [3.8, 4) is 0 Å². The molecule has 1 rings (SSSR count). The molecule has 1 aromatic rings. The van der Waals surface area contributed by atoms with Gasteiger partial charge in [0.2, 0.25) is 15.9 Å². The Bertz CT molecular complexity index is 665. The Morgan fingerprint density at radius 3 is 2.55 bits per heavy atom. The van der Waals surface area contributed by atoms with E-state index in [1.807, 2.05) is 0 Å². The summed E-state index contributed by atoms with van der Waals surface area (Å²) in [7, 11) is -0.818. The predicted octanol–water partition coefficient (Wildman–Crippen LogP) is 0.405. The largest absolute Gasteiger partial charge is 0.355 e. The number of aromatic nitrogens is 1. The topological polar surface area (TPSA) is 88.5 Å². The molecule has 0 aliphatic carbocycles. The molecule has 0 saturated carbocycles. The van der Waals surface area contributed by atoms with Crippen LogP contribution in [0.15, 0.2) is 28.0 Å². The average Bonchev–Trinajstić information content (AvgIpc) is 2.45. The van der Waals surface area contributed by atoms with Gasteiger partial charge in [-0.3, -0.25) is 9.59 Å². The number of amides is 1. The quantitative estimate of drug-likeness (QED) is 0.700. The van der Waals surface area contributed by atoms with Gasteiger partial charge in [0.15, 0.2) is 0 Å². The summed E-state index contributed by atoms with van der Waals surface area (Å²) >= 11 is 0. The summed E-state index contributed by atoms with van der Waals surface area (Å²) in [6, 6.07) is 2.40. The fourth-order valence-electron chi connectivity index (χ4n) is 1.81. The summed E-state index contributed by atoms with van der Waals surface area (Å²) in [5.74, 6) is -0.308. The van der Waals surface area contributed by atoms with Gasteiger partial charge < -0.3 is 9.88 Å². The maximum absolute atomic E-state index is 12.0. The normalized spacial score (nSPS) is 11.6. The third-order valence-corrected chi connectivity index (χ3v) is 4.95. The van der Waals surface area contributed by atoms with Gasteiger partial charge >= 0.3 is 0 Å². The summed E-state index contributed by atoms with van der Waals surface area (Å²) in [5, 5.41) is 2.72. The minimum atomic E-state index is -3.63. The Labute approximate surface area is 131 Å². The van der Waals surface area contributed by atoms with Gasteiger partial charge in [0, 0.05) is 32.9 Å². The van der Waals surface area contributed by atoms with E-state index < -0.39 is 15.6 Å². The number of pyridine rings is 1. The lowest BCUT2D eigenvalue weighted by Crippen LogP contribution is -2.33. The third kappa shape index (κ3) is 4.96. The smallest absolute Gasteiger partial charge is 0.251 e. The molecule has 0 radical (unpaired) electrons. The summed E-state index contributed by atoms with van der Waals surface area (Å²) in [6.45, 7) is 2.43. The molecule has 1 amide bonds. The monoisotopic (exact) mass is 329 g/mol. The van der Waals surface area contributed by atoms with Gasteiger partial charge in [0.25, 0.3) is 5.56 Å². The Balaban J connectivity index is 2.83. The molecule has 0 bridgehead atoms. The van der Waals surface area contributed by atoms with Crippen molar-refractivity contribution < 1.29 is 13.2 Å². The number of nitrogens with zero attached hydrogens (tertiary/aromatic N) is 2. The second kappa shape index (κ2) is 8.09. The highest BCUT2D eigenvalue weighted by Gasteiger charge is 2.18. The first-order chi connectivity index (χ1) is 10.3. The molecule has 22 heavy (non-hydrogen) atoms. The molecule has 1 aromatic heterocycles. The van der Waals surface area contributed by atoms with E-state index in [-0.39, 0.29) is 17.3 Å². The van der Waals surface area contributed by atoms with Gasteiger partial charge in [0.05, 0.1) is 4.90 Å². The Morgan fingerprint density at radius 1 is 1.27 bits per heavy atom. The number of nitrogens with one attached hydrogen (secondary N) is 1. The molecular formula is C14H23N3O4S. The van der Waals surface area contributed by atoms with Crippen LogP contribution in [0.3, 0.4) is 0 Å². The van der Waals surface area contributed by atoms with Crippen molar-refractivity contribution in [3.05, 3.63) is 28.7 Å². The number of unbranched alkanes of at least 4 members (excludes halogenated alkanes) is 2. The van der Waals surface area contributed by atoms with Gasteiger partial charge in [-0.25, -0.2) is 12.7 Å². The number of carbonyl (C=O) groups excluding carboxylic acids is 1. The van der Waals surface area contributed by atoms with Gasteiger partial charge in [-0.2, -0.15) is 0 Å². The molecule has 0 aromatic carbocycles. The number of hydrogen-bond donors (Lipinski definition) is 1. The highest BCUT2D eigenvalue weighted by molar-refractivity contribution is 7.89. The van der Waals surface area contributed by atoms with Crippen LogP contribution < -0.4 is 10.9 Å². The van der Waals surface area contributed by atoms with Crippen molar-refractivity contribution in [3.63, 3.8) is 0 Å². The zero-order valence-electron chi connectivity index (χ0n) is 13.2. The zero-order chi connectivity index (χ0) is 16.8. The molecule has 0 saturated heterocycles. The molecule has 0 fully saturated rings. The molecule has 0 unspecified atom stereocenters. The van der Waals surface area contributed by atoms with E-state index in [9.17, 15) is 18.0 Å². The standard InChI is InChI=1S/C14H23N3O4S/c1-4-5-6-9-15-13(18)11-17-10-12(7-8-14(17)19)22(20,21)16(2)3/h7-8,10H,4-6,9,11H2,1-3H3,(H,15,18). The lowest BCUT2D eigenvalue weighted by atomic mass is 10.2. The second-order valence-corrected chi connectivity index (χ2v) is 7.33. The van der Waals surface area contributed by atoms with Crippen molar-refractivity contribution in [1.29, 1.82) is 0 Å². The predicted molar refractivity (Wildman–Crippen MR) is 84.1 cm³/mol. The van der Waals surface area contributed by atoms with Crippen LogP contribution in [-0.2, 0) is 21.4 Å². The molecule has 7 nitrogen and oxygen atoms in total. The van der Waals surface area contributed by atoms with Gasteiger partial charge in [-0.15, -0.1) is 0 Å². The minimum Gasteiger partial charge on any atom is -0.355 e. The fraction of sp³-hybridized carbons (Fsp3) is 0.571. The van der Waals surface area contributed by atoms with E-state index in [4.69, 9.17) is 0 Å². The summed E-state index contributed by atoms with van der Waals surface area (Å²) in [6.07, 6.45) is 4.16. The molecule has 124 valence electrons. The molecule has 0 atom stereocenters. The van der Waals surface area contributed by atoms with Crippen LogP contribution in [0.5, 0.6) is 0 Å². The third-order valence-electron chi connectivity index (χ3n) is 3.15. The van der Waals surface area contributed by atoms with Crippen molar-refractivity contribution in [2.24, 2.45) is 0 Å². The van der Waals surface area contributed by atoms with Crippen LogP contribution in [0.2, 0.25) is 0 Å². The summed E-state index contributed by atoms with van der Waals surface area (Å²) in [5.41, 5.74) is -0.415. The number of rotatable bonds is 8. The maximum Gasteiger partial charge on any atom is 0.251 e. The lowest BCUT2D eigenvalue weighted by molar-refractivity contribution is -0.121. The Kier molecular flexibility index (Phi) is 6.76. The molecule has 8 heteroatoms. The van der Waals surface area contributed by atoms with Crippen LogP contribution in [0.25, 0.3) is 0 Å². The second-order valence-electron chi connectivity index (χ2n) is 5.18. The van der Waals surface area contributed by atoms with E-state index in [0.717, 1.165) is 34.2 Å². The van der Waals surface area contributed by atoms with Gasteiger partial charge in [-0.1, -0.05) is 19.8 Å². The van der Waals surface area contributed by atoms with E-state index in [1.54, 1.807) is 0 Å². The van der Waals surface area contributed by atoms with Crippen molar-refractivity contribution in [2.75, 3.05) is 20.6 Å². The highest BCUT2D eigenvalue weighted by atomic mass is 32.2. The molecule has 0 aliphatic rings. The van der Waals surface area contributed by atoms with Crippen molar-refractivity contribution in [2.45, 2.75) is 37.6 Å². The first-order valence-corrected chi connectivity index (χ1v) is 8.62. The molecule has 0 spiro atoms. The molecule has 0 aliphatic heterocycles. The summed E-state index contributed by atoms with van der Waals surface area (Å²) < 4.78 is 26.2. The molecule has 1 heterocycles. The van der Waals surface area contributed by atoms with Gasteiger partial charge in [0.1, 0.15) is 6.54 Å². The van der Waals surface area contributed by atoms with Crippen LogP contribution in [0.1, 0.15) is 26.2 Å². The average molecular weight is 329 g/mol. The first kappa shape index (κ1) is 18.4.